The van der Waals surface area contributed by atoms with E-state index >= 15 is 0 Å². The zero-order chi connectivity index (χ0) is 11.1. The van der Waals surface area contributed by atoms with Crippen LogP contribution in [-0.4, -0.2) is 29.5 Å². The van der Waals surface area contributed by atoms with E-state index in [1.807, 2.05) is 0 Å². The Morgan fingerprint density at radius 3 is 2.00 bits per heavy atom. The van der Waals surface area contributed by atoms with Gasteiger partial charge >= 0.3 is 24.8 Å². The molecule has 0 fully saturated rings. The van der Waals surface area contributed by atoms with Crippen molar-refractivity contribution >= 4 is 17.3 Å². The molecule has 0 spiro atoms. The van der Waals surface area contributed by atoms with Crippen molar-refractivity contribution in [3.05, 3.63) is 29.8 Å². The van der Waals surface area contributed by atoms with E-state index in [4.69, 9.17) is 23.5 Å². The second kappa shape index (κ2) is 8.46. The summed E-state index contributed by atoms with van der Waals surface area (Å²) in [5.41, 5.74) is -0.0671. The number of aromatic hydroxyl groups is 1. The zero-order valence-corrected chi connectivity index (χ0v) is 8.60. The minimum absolute atomic E-state index is 0. The van der Waals surface area contributed by atoms with E-state index in [-0.39, 0.29) is 30.2 Å². The second-order valence-corrected chi connectivity index (χ2v) is 2.47. The van der Waals surface area contributed by atoms with Crippen molar-refractivity contribution < 1.29 is 47.2 Å². The topological polar surface area (TPSA) is 118 Å². The van der Waals surface area contributed by atoms with Crippen LogP contribution in [0.1, 0.15) is 10.4 Å². The maximum Gasteiger partial charge on any atom is 1.00 e. The molecule has 0 aromatic heterocycles. The molecule has 8 heteroatoms. The summed E-state index contributed by atoms with van der Waals surface area (Å²) < 4.78 is 24.1. The van der Waals surface area contributed by atoms with Gasteiger partial charge in [0, 0.05) is 0 Å². The number of aromatic carboxylic acids is 1. The molecule has 0 saturated heterocycles. The molecule has 78 valence electrons. The van der Waals surface area contributed by atoms with Gasteiger partial charge in [-0.2, -0.15) is 0 Å². The fourth-order valence-electron chi connectivity index (χ4n) is 0.654. The van der Waals surface area contributed by atoms with Crippen LogP contribution in [-0.2, 0) is 11.4 Å². The summed E-state index contributed by atoms with van der Waals surface area (Å²) >= 11 is -2.86. The van der Waals surface area contributed by atoms with Gasteiger partial charge in [-0.1, -0.05) is 12.1 Å². The first kappa shape index (κ1) is 16.6. The normalized spacial score (nSPS) is 10.3. The van der Waals surface area contributed by atoms with Gasteiger partial charge in [0.2, 0.25) is 0 Å². The molecule has 0 aliphatic rings. The summed E-state index contributed by atoms with van der Waals surface area (Å²) in [5, 5.41) is 17.3. The van der Waals surface area contributed by atoms with Crippen LogP contribution in [0.5, 0.6) is 5.75 Å². The van der Waals surface area contributed by atoms with Crippen LogP contribution in [0.3, 0.4) is 0 Å². The summed E-state index contributed by atoms with van der Waals surface area (Å²) in [7, 11) is 0. The number of para-hydroxylation sites is 1. The third kappa shape index (κ3) is 8.17. The Balaban J connectivity index is 0. The molecule has 15 heavy (non-hydrogen) atoms. The number of phenols is 1. The number of hydrogen-bond acceptors (Lipinski definition) is 4. The fraction of sp³-hybridized carbons (Fsp3) is 0. The SMILES string of the molecule is O=C(O)c1ccccc1O.O=S([O-])O.[Li+]. The average Bonchev–Trinajstić information content (AvgIpc) is 2.03. The summed E-state index contributed by atoms with van der Waals surface area (Å²) in [4.78, 5) is 10.3. The van der Waals surface area contributed by atoms with E-state index in [9.17, 15) is 4.79 Å². The zero-order valence-electron chi connectivity index (χ0n) is 7.78. The Bertz CT molecular complexity index is 338. The number of carbonyl (C=O) groups is 1. The summed E-state index contributed by atoms with van der Waals surface area (Å²) in [5.74, 6) is -1.31. The third-order valence-electron chi connectivity index (χ3n) is 1.13. The van der Waals surface area contributed by atoms with Gasteiger partial charge in [0.1, 0.15) is 11.3 Å². The second-order valence-electron chi connectivity index (χ2n) is 2.04. The van der Waals surface area contributed by atoms with Gasteiger partial charge in [-0.05, 0) is 12.1 Å². The van der Waals surface area contributed by atoms with Gasteiger partial charge < -0.3 is 19.3 Å². The maximum absolute atomic E-state index is 10.3. The molecule has 1 aromatic rings. The van der Waals surface area contributed by atoms with Crippen molar-refractivity contribution in [1.82, 2.24) is 0 Å². The third-order valence-corrected chi connectivity index (χ3v) is 1.13. The number of carboxylic acid groups (broad SMARTS) is 1. The van der Waals surface area contributed by atoms with E-state index in [1.165, 1.54) is 12.1 Å². The van der Waals surface area contributed by atoms with E-state index in [2.05, 4.69) is 0 Å². The molecule has 0 aliphatic carbocycles. The van der Waals surface area contributed by atoms with Gasteiger partial charge in [-0.3, -0.25) is 0 Å². The molecule has 1 aromatic carbocycles. The van der Waals surface area contributed by atoms with Crippen LogP contribution in [0, 0.1) is 0 Å². The molecule has 6 nitrogen and oxygen atoms in total. The van der Waals surface area contributed by atoms with Crippen LogP contribution in [0.25, 0.3) is 0 Å². The number of benzene rings is 1. The van der Waals surface area contributed by atoms with Gasteiger partial charge in [-0.25, -0.2) is 9.00 Å². The Morgan fingerprint density at radius 1 is 1.33 bits per heavy atom. The summed E-state index contributed by atoms with van der Waals surface area (Å²) in [6, 6.07) is 5.81. The Morgan fingerprint density at radius 2 is 1.73 bits per heavy atom. The van der Waals surface area contributed by atoms with Crippen molar-refractivity contribution in [2.45, 2.75) is 0 Å². The monoisotopic (exact) mass is 226 g/mol. The standard InChI is InChI=1S/C7H6O3.Li.H2O3S/c8-6-4-2-1-3-5(6)7(9)10;;1-4(2)3/h1-4,8H,(H,9,10);;(H2,1,2,3)/q;+1;/p-1. The molecule has 1 unspecified atom stereocenters. The molecular formula is C7H7LiO6S. The first-order valence-corrected chi connectivity index (χ1v) is 4.28. The Kier molecular flexibility index (Phi) is 9.36. The molecule has 0 aliphatic heterocycles. The van der Waals surface area contributed by atoms with Gasteiger partial charge in [0.15, 0.2) is 0 Å². The number of rotatable bonds is 1. The van der Waals surface area contributed by atoms with Crippen molar-refractivity contribution in [3.63, 3.8) is 0 Å². The molecule has 3 N–H and O–H groups in total. The molecule has 0 saturated carbocycles. The Hall–Kier alpha value is -0.843. The smallest absolute Gasteiger partial charge is 0.750 e. The molecule has 0 radical (unpaired) electrons. The number of carboxylic acids is 1. The van der Waals surface area contributed by atoms with Crippen LogP contribution in [0.4, 0.5) is 0 Å². The molecular weight excluding hydrogens is 219 g/mol. The van der Waals surface area contributed by atoms with E-state index in [1.54, 1.807) is 12.1 Å². The molecule has 1 rings (SSSR count). The Labute approximate surface area is 100 Å². The predicted octanol–water partition coefficient (Wildman–Crippen LogP) is -2.57. The van der Waals surface area contributed by atoms with Crippen LogP contribution in [0.2, 0.25) is 0 Å². The van der Waals surface area contributed by atoms with Crippen LogP contribution >= 0.6 is 0 Å². The molecule has 0 amide bonds. The fourth-order valence-corrected chi connectivity index (χ4v) is 0.654. The minimum atomic E-state index is -2.86. The van der Waals surface area contributed by atoms with Crippen LogP contribution < -0.4 is 18.9 Å². The minimum Gasteiger partial charge on any atom is -0.750 e. The van der Waals surface area contributed by atoms with E-state index in [0.29, 0.717) is 0 Å². The van der Waals surface area contributed by atoms with Crippen molar-refractivity contribution in [1.29, 1.82) is 0 Å². The summed E-state index contributed by atoms with van der Waals surface area (Å²) in [6.45, 7) is 0. The quantitative estimate of drug-likeness (QED) is 0.358. The first-order chi connectivity index (χ1) is 6.45. The van der Waals surface area contributed by atoms with Gasteiger partial charge in [0.25, 0.3) is 0 Å². The maximum atomic E-state index is 10.3. The van der Waals surface area contributed by atoms with Gasteiger partial charge in [-0.15, -0.1) is 0 Å². The largest absolute Gasteiger partial charge is 1.00 e. The number of hydrogen-bond donors (Lipinski definition) is 3. The van der Waals surface area contributed by atoms with Crippen LogP contribution in [0.15, 0.2) is 24.3 Å². The first-order valence-electron chi connectivity index (χ1n) is 3.24. The van der Waals surface area contributed by atoms with Crippen molar-refractivity contribution in [2.75, 3.05) is 0 Å². The molecule has 0 bridgehead atoms. The molecule has 1 atom stereocenters. The van der Waals surface area contributed by atoms with E-state index in [0.717, 1.165) is 0 Å². The van der Waals surface area contributed by atoms with Gasteiger partial charge in [0.05, 0.1) is 11.4 Å². The van der Waals surface area contributed by atoms with E-state index < -0.39 is 17.3 Å². The predicted molar refractivity (Wildman–Crippen MR) is 46.6 cm³/mol. The average molecular weight is 226 g/mol. The molecule has 0 heterocycles. The van der Waals surface area contributed by atoms with Crippen molar-refractivity contribution in [3.8, 4) is 5.75 Å². The summed E-state index contributed by atoms with van der Waals surface area (Å²) in [6.07, 6.45) is 0. The van der Waals surface area contributed by atoms with Crippen molar-refractivity contribution in [2.24, 2.45) is 0 Å².